The van der Waals surface area contributed by atoms with Crippen LogP contribution in [-0.2, 0) is 17.9 Å². The number of fused-ring (bicyclic) bond motifs is 2. The Kier molecular flexibility index (Phi) is 5.64. The number of anilines is 1. The topological polar surface area (TPSA) is 109 Å². The van der Waals surface area contributed by atoms with Crippen LogP contribution < -0.4 is 26.0 Å². The molecule has 0 bridgehead atoms. The third-order valence-electron chi connectivity index (χ3n) is 5.04. The van der Waals surface area contributed by atoms with Crippen LogP contribution in [0.15, 0.2) is 33.2 Å². The van der Waals surface area contributed by atoms with Crippen LogP contribution >= 0.6 is 11.3 Å². The van der Waals surface area contributed by atoms with Crippen LogP contribution in [0.4, 0.5) is 5.69 Å². The van der Waals surface area contributed by atoms with Gasteiger partial charge in [0.05, 0.1) is 11.2 Å². The first-order valence-corrected chi connectivity index (χ1v) is 10.7. The summed E-state index contributed by atoms with van der Waals surface area (Å²) in [7, 11) is 0. The SMILES string of the molecule is CCCCn1c(=O)c2sccc2n(CC(=O)Nc2cc3c(cc2C(C)=O)OCO3)c1=O. The van der Waals surface area contributed by atoms with Crippen LogP contribution in [0.1, 0.15) is 37.0 Å². The zero-order chi connectivity index (χ0) is 22.1. The van der Waals surface area contributed by atoms with E-state index < -0.39 is 11.6 Å². The highest BCUT2D eigenvalue weighted by Gasteiger charge is 2.21. The number of nitrogens with one attached hydrogen (secondary N) is 1. The van der Waals surface area contributed by atoms with Gasteiger partial charge >= 0.3 is 5.69 Å². The highest BCUT2D eigenvalue weighted by molar-refractivity contribution is 7.17. The minimum Gasteiger partial charge on any atom is -0.454 e. The van der Waals surface area contributed by atoms with E-state index >= 15 is 0 Å². The summed E-state index contributed by atoms with van der Waals surface area (Å²) in [5, 5.41) is 4.41. The molecule has 0 saturated carbocycles. The van der Waals surface area contributed by atoms with Gasteiger partial charge in [0, 0.05) is 18.2 Å². The van der Waals surface area contributed by atoms with Crippen molar-refractivity contribution in [3.05, 3.63) is 50.0 Å². The van der Waals surface area contributed by atoms with Crippen LogP contribution in [0.5, 0.6) is 11.5 Å². The lowest BCUT2D eigenvalue weighted by atomic mass is 10.1. The second-order valence-electron chi connectivity index (χ2n) is 7.17. The maximum absolute atomic E-state index is 13.0. The van der Waals surface area contributed by atoms with Gasteiger partial charge in [-0.3, -0.25) is 23.5 Å². The lowest BCUT2D eigenvalue weighted by Crippen LogP contribution is -2.41. The van der Waals surface area contributed by atoms with E-state index in [-0.39, 0.29) is 35.9 Å². The largest absolute Gasteiger partial charge is 0.454 e. The van der Waals surface area contributed by atoms with E-state index in [1.54, 1.807) is 11.4 Å². The van der Waals surface area contributed by atoms with Crippen molar-refractivity contribution >= 4 is 38.9 Å². The third kappa shape index (κ3) is 3.86. The summed E-state index contributed by atoms with van der Waals surface area (Å²) in [6.07, 6.45) is 1.50. The van der Waals surface area contributed by atoms with Crippen LogP contribution in [0, 0.1) is 0 Å². The number of carbonyl (C=O) groups is 2. The average molecular weight is 443 g/mol. The number of unbranched alkanes of at least 4 members (excludes halogenated alkanes) is 1. The predicted molar refractivity (Wildman–Crippen MR) is 116 cm³/mol. The molecular formula is C21H21N3O6S. The Labute approximate surface area is 180 Å². The van der Waals surface area contributed by atoms with Gasteiger partial charge in [-0.25, -0.2) is 4.79 Å². The lowest BCUT2D eigenvalue weighted by Gasteiger charge is -2.14. The Balaban J connectivity index is 1.69. The van der Waals surface area contributed by atoms with Crippen LogP contribution in [-0.4, -0.2) is 27.6 Å². The molecule has 3 heterocycles. The molecule has 162 valence electrons. The van der Waals surface area contributed by atoms with Crippen molar-refractivity contribution in [2.75, 3.05) is 12.1 Å². The van der Waals surface area contributed by atoms with Gasteiger partial charge in [-0.2, -0.15) is 0 Å². The van der Waals surface area contributed by atoms with Gasteiger partial charge in [-0.05, 0) is 30.9 Å². The molecule has 10 heteroatoms. The molecule has 1 aliphatic heterocycles. The van der Waals surface area contributed by atoms with Crippen molar-refractivity contribution in [1.29, 1.82) is 0 Å². The molecule has 1 aromatic carbocycles. The molecular weight excluding hydrogens is 422 g/mol. The summed E-state index contributed by atoms with van der Waals surface area (Å²) < 4.78 is 13.5. The Morgan fingerprint density at radius 1 is 1.16 bits per heavy atom. The zero-order valence-corrected chi connectivity index (χ0v) is 17.9. The van der Waals surface area contributed by atoms with Gasteiger partial charge in [-0.15, -0.1) is 11.3 Å². The number of ether oxygens (including phenoxy) is 2. The van der Waals surface area contributed by atoms with Crippen molar-refractivity contribution in [1.82, 2.24) is 9.13 Å². The summed E-state index contributed by atoms with van der Waals surface area (Å²) in [5.41, 5.74) is 0.0984. The van der Waals surface area contributed by atoms with Crippen LogP contribution in [0.25, 0.3) is 10.2 Å². The summed E-state index contributed by atoms with van der Waals surface area (Å²) in [4.78, 5) is 50.5. The smallest absolute Gasteiger partial charge is 0.332 e. The minimum absolute atomic E-state index is 0.0366. The van der Waals surface area contributed by atoms with Crippen molar-refractivity contribution < 1.29 is 19.1 Å². The van der Waals surface area contributed by atoms with E-state index in [4.69, 9.17) is 9.47 Å². The lowest BCUT2D eigenvalue weighted by molar-refractivity contribution is -0.116. The van der Waals surface area contributed by atoms with Crippen molar-refractivity contribution in [2.45, 2.75) is 39.8 Å². The molecule has 0 unspecified atom stereocenters. The number of carbonyl (C=O) groups excluding carboxylic acids is 2. The number of rotatable bonds is 7. The van der Waals surface area contributed by atoms with E-state index in [0.717, 1.165) is 6.42 Å². The molecule has 31 heavy (non-hydrogen) atoms. The van der Waals surface area contributed by atoms with Gasteiger partial charge in [0.15, 0.2) is 17.3 Å². The van der Waals surface area contributed by atoms with Gasteiger partial charge < -0.3 is 14.8 Å². The molecule has 0 spiro atoms. The van der Waals surface area contributed by atoms with Crippen LogP contribution in [0.2, 0.25) is 0 Å². The quantitative estimate of drug-likeness (QED) is 0.562. The van der Waals surface area contributed by atoms with E-state index in [1.165, 1.54) is 39.5 Å². The van der Waals surface area contributed by atoms with Gasteiger partial charge in [-0.1, -0.05) is 13.3 Å². The van der Waals surface area contributed by atoms with E-state index in [2.05, 4.69) is 5.32 Å². The molecule has 1 aliphatic rings. The highest BCUT2D eigenvalue weighted by Crippen LogP contribution is 2.37. The first kappa shape index (κ1) is 20.9. The summed E-state index contributed by atoms with van der Waals surface area (Å²) in [5.74, 6) is 0.101. The summed E-state index contributed by atoms with van der Waals surface area (Å²) >= 11 is 1.24. The average Bonchev–Trinajstić information content (AvgIpc) is 3.39. The number of aromatic nitrogens is 2. The number of amides is 1. The molecule has 2 aromatic heterocycles. The van der Waals surface area contributed by atoms with Crippen molar-refractivity contribution in [2.24, 2.45) is 0 Å². The molecule has 0 atom stereocenters. The number of nitrogens with zero attached hydrogens (tertiary/aromatic N) is 2. The Morgan fingerprint density at radius 2 is 1.90 bits per heavy atom. The highest BCUT2D eigenvalue weighted by atomic mass is 32.1. The fourth-order valence-electron chi connectivity index (χ4n) is 3.47. The number of Topliss-reactive ketones (excluding diaryl/α,β-unsaturated/α-hetero) is 1. The number of benzene rings is 1. The monoisotopic (exact) mass is 443 g/mol. The molecule has 1 N–H and O–H groups in total. The number of ketones is 1. The number of thiophene rings is 1. The molecule has 1 amide bonds. The molecule has 0 aliphatic carbocycles. The number of hydrogen-bond donors (Lipinski definition) is 1. The maximum atomic E-state index is 13.0. The normalized spacial score (nSPS) is 12.3. The van der Waals surface area contributed by atoms with Gasteiger partial charge in [0.25, 0.3) is 5.56 Å². The molecule has 4 rings (SSSR count). The van der Waals surface area contributed by atoms with E-state index in [1.807, 2.05) is 6.92 Å². The molecule has 3 aromatic rings. The predicted octanol–water partition coefficient (Wildman–Crippen LogP) is 2.59. The minimum atomic E-state index is -0.531. The fraction of sp³-hybridized carbons (Fsp3) is 0.333. The second-order valence-corrected chi connectivity index (χ2v) is 8.09. The standard InChI is InChI=1S/C21H21N3O6S/c1-3-4-6-23-20(27)19-15(5-7-31-19)24(21(23)28)10-18(26)22-14-9-17-16(29-11-30-17)8-13(14)12(2)25/h5,7-9H,3-4,6,10-11H2,1-2H3,(H,22,26). The molecule has 9 nitrogen and oxygen atoms in total. The van der Waals surface area contributed by atoms with E-state index in [9.17, 15) is 19.2 Å². The van der Waals surface area contributed by atoms with Crippen LogP contribution in [0.3, 0.4) is 0 Å². The first-order chi connectivity index (χ1) is 14.9. The zero-order valence-electron chi connectivity index (χ0n) is 17.1. The fourth-order valence-corrected chi connectivity index (χ4v) is 4.31. The van der Waals surface area contributed by atoms with E-state index in [0.29, 0.717) is 34.7 Å². The Bertz CT molecular complexity index is 1300. The van der Waals surface area contributed by atoms with Gasteiger partial charge in [0.2, 0.25) is 12.7 Å². The van der Waals surface area contributed by atoms with Gasteiger partial charge in [0.1, 0.15) is 11.2 Å². The summed E-state index contributed by atoms with van der Waals surface area (Å²) in [6.45, 7) is 3.38. The molecule has 0 saturated heterocycles. The third-order valence-corrected chi connectivity index (χ3v) is 5.93. The Morgan fingerprint density at radius 3 is 2.61 bits per heavy atom. The Hall–Kier alpha value is -3.40. The first-order valence-electron chi connectivity index (χ1n) is 9.86. The molecule has 0 radical (unpaired) electrons. The molecule has 0 fully saturated rings. The maximum Gasteiger partial charge on any atom is 0.332 e. The van der Waals surface area contributed by atoms with Crippen molar-refractivity contribution in [3.8, 4) is 11.5 Å². The second kappa shape index (κ2) is 8.38. The van der Waals surface area contributed by atoms with Crippen molar-refractivity contribution in [3.63, 3.8) is 0 Å². The summed E-state index contributed by atoms with van der Waals surface area (Å²) in [6, 6.07) is 4.71. The number of hydrogen-bond acceptors (Lipinski definition) is 7.